The Morgan fingerprint density at radius 3 is 2.33 bits per heavy atom. The number of hydrogen-bond donors (Lipinski definition) is 1. The maximum atomic E-state index is 16.1. The fourth-order valence-electron chi connectivity index (χ4n) is 7.84. The Morgan fingerprint density at radius 2 is 1.72 bits per heavy atom. The van der Waals surface area contributed by atoms with Crippen LogP contribution in [0.1, 0.15) is 50.0 Å². The van der Waals surface area contributed by atoms with E-state index in [9.17, 15) is 22.4 Å². The molecule has 2 N–H and O–H groups in total. The highest BCUT2D eigenvalue weighted by Gasteiger charge is 2.48. The third-order valence-corrected chi connectivity index (χ3v) is 11.5. The molecule has 3 aliphatic heterocycles. The smallest absolute Gasteiger partial charge is 0.422 e. The van der Waals surface area contributed by atoms with Gasteiger partial charge in [0.2, 0.25) is 0 Å². The summed E-state index contributed by atoms with van der Waals surface area (Å²) in [5.41, 5.74) is 6.19. The lowest BCUT2D eigenvalue weighted by molar-refractivity contribution is -0.153. The third kappa shape index (κ3) is 7.87. The first-order valence-electron chi connectivity index (χ1n) is 17.9. The second kappa shape index (κ2) is 15.1. The van der Waals surface area contributed by atoms with Crippen molar-refractivity contribution in [1.29, 1.82) is 0 Å². The summed E-state index contributed by atoms with van der Waals surface area (Å²) in [6.07, 6.45) is -1.06. The number of likely N-dealkylation sites (tertiary alicyclic amines) is 2. The van der Waals surface area contributed by atoms with E-state index < -0.39 is 30.3 Å². The SMILES string of the molecule is C=C(F)C(=O)N1CC2(CCN(c3nc(OC4CCN(CCOC)CC4)nc4c(OCC(F)(F)F)c(-c5c(N)c(Cl)cc(Cl)c5F)c(C5CC5)cc34)CC2)C1. The van der Waals surface area contributed by atoms with E-state index in [2.05, 4.69) is 11.5 Å². The number of piperidine rings is 2. The Kier molecular flexibility index (Phi) is 10.8. The molecule has 3 aromatic rings. The zero-order chi connectivity index (χ0) is 38.5. The normalized spacial score (nSPS) is 19.3. The Bertz CT molecular complexity index is 1910. The number of nitrogens with two attached hydrogens (primary N) is 1. The van der Waals surface area contributed by atoms with Gasteiger partial charge < -0.3 is 34.6 Å². The zero-order valence-corrected chi connectivity index (χ0v) is 31.2. The average Bonchev–Trinajstić information content (AvgIpc) is 3.97. The lowest BCUT2D eigenvalue weighted by Crippen LogP contribution is -2.62. The van der Waals surface area contributed by atoms with Gasteiger partial charge in [-0.05, 0) is 62.1 Å². The first-order chi connectivity index (χ1) is 25.7. The molecule has 3 saturated heterocycles. The first kappa shape index (κ1) is 38.6. The largest absolute Gasteiger partial charge is 0.481 e. The van der Waals surface area contributed by atoms with Crippen LogP contribution in [0.5, 0.6) is 11.8 Å². The molecule has 292 valence electrons. The maximum absolute atomic E-state index is 16.1. The van der Waals surface area contributed by atoms with Gasteiger partial charge in [-0.2, -0.15) is 23.1 Å². The summed E-state index contributed by atoms with van der Waals surface area (Å²) in [5.74, 6) is -2.72. The molecule has 1 spiro atoms. The van der Waals surface area contributed by atoms with Crippen LogP contribution in [0.4, 0.5) is 33.5 Å². The van der Waals surface area contributed by atoms with Gasteiger partial charge in [0.15, 0.2) is 24.0 Å². The lowest BCUT2D eigenvalue weighted by atomic mass is 9.72. The van der Waals surface area contributed by atoms with Gasteiger partial charge in [0.05, 0.1) is 22.3 Å². The van der Waals surface area contributed by atoms with Crippen molar-refractivity contribution < 1.29 is 41.0 Å². The first-order valence-corrected chi connectivity index (χ1v) is 18.7. The molecule has 7 rings (SSSR count). The fraction of sp³-hybridized carbons (Fsp3) is 0.541. The van der Waals surface area contributed by atoms with Gasteiger partial charge in [0.25, 0.3) is 5.91 Å². The van der Waals surface area contributed by atoms with Crippen molar-refractivity contribution in [2.75, 3.05) is 76.8 Å². The highest BCUT2D eigenvalue weighted by molar-refractivity contribution is 6.37. The van der Waals surface area contributed by atoms with Crippen molar-refractivity contribution in [3.63, 3.8) is 0 Å². The summed E-state index contributed by atoms with van der Waals surface area (Å²) in [6.45, 7) is 6.01. The number of carbonyl (C=O) groups is 1. The van der Waals surface area contributed by atoms with Gasteiger partial charge >= 0.3 is 12.2 Å². The number of benzene rings is 2. The van der Waals surface area contributed by atoms with Crippen LogP contribution >= 0.6 is 23.2 Å². The summed E-state index contributed by atoms with van der Waals surface area (Å²) in [4.78, 5) is 27.5. The van der Waals surface area contributed by atoms with Crippen LogP contribution in [0.2, 0.25) is 10.0 Å². The molecule has 4 aliphatic rings. The van der Waals surface area contributed by atoms with E-state index in [0.29, 0.717) is 88.1 Å². The molecule has 54 heavy (non-hydrogen) atoms. The van der Waals surface area contributed by atoms with Crippen molar-refractivity contribution in [3.05, 3.63) is 46.0 Å². The third-order valence-electron chi connectivity index (χ3n) is 10.9. The molecule has 0 radical (unpaired) electrons. The minimum absolute atomic E-state index is 0.00183. The maximum Gasteiger partial charge on any atom is 0.422 e. The average molecular weight is 800 g/mol. The predicted molar refractivity (Wildman–Crippen MR) is 196 cm³/mol. The van der Waals surface area contributed by atoms with Crippen molar-refractivity contribution in [3.8, 4) is 22.9 Å². The Hall–Kier alpha value is -3.66. The molecule has 4 heterocycles. The van der Waals surface area contributed by atoms with Crippen LogP contribution in [-0.2, 0) is 9.53 Å². The summed E-state index contributed by atoms with van der Waals surface area (Å²) in [6, 6.07) is 2.87. The number of nitrogens with zero attached hydrogens (tertiary/aromatic N) is 5. The molecule has 0 bridgehead atoms. The van der Waals surface area contributed by atoms with Crippen LogP contribution in [0, 0.1) is 11.2 Å². The molecular formula is C37H41Cl2F5N6O4. The van der Waals surface area contributed by atoms with E-state index in [0.717, 1.165) is 25.7 Å². The minimum Gasteiger partial charge on any atom is -0.481 e. The Balaban J connectivity index is 1.34. The van der Waals surface area contributed by atoms with E-state index >= 15 is 4.39 Å². The Labute approximate surface area is 319 Å². The molecule has 0 unspecified atom stereocenters. The number of methoxy groups -OCH3 is 1. The number of nitrogen functional groups attached to an aromatic ring is 1. The lowest BCUT2D eigenvalue weighted by Gasteiger charge is -2.54. The topological polar surface area (TPSA) is 106 Å². The van der Waals surface area contributed by atoms with E-state index in [4.69, 9.17) is 53.1 Å². The van der Waals surface area contributed by atoms with Crippen LogP contribution in [0.3, 0.4) is 0 Å². The van der Waals surface area contributed by atoms with Gasteiger partial charge in [-0.1, -0.05) is 29.8 Å². The van der Waals surface area contributed by atoms with Crippen molar-refractivity contribution >= 4 is 51.5 Å². The minimum atomic E-state index is -4.75. The summed E-state index contributed by atoms with van der Waals surface area (Å²) in [5, 5.41) is -0.0215. The number of halogens is 7. The molecule has 4 fully saturated rings. The quantitative estimate of drug-likeness (QED) is 0.0912. The number of ether oxygens (including phenoxy) is 3. The molecule has 17 heteroatoms. The van der Waals surface area contributed by atoms with Gasteiger partial charge in [0.1, 0.15) is 17.4 Å². The molecule has 1 aliphatic carbocycles. The number of rotatable bonds is 11. The second-order valence-corrected chi connectivity index (χ2v) is 15.5. The fourth-order valence-corrected chi connectivity index (χ4v) is 8.31. The molecule has 1 amide bonds. The molecule has 10 nitrogen and oxygen atoms in total. The molecular weight excluding hydrogens is 758 g/mol. The van der Waals surface area contributed by atoms with E-state index in [1.54, 1.807) is 13.2 Å². The molecule has 2 aromatic carbocycles. The second-order valence-electron chi connectivity index (χ2n) is 14.7. The highest BCUT2D eigenvalue weighted by Crippen LogP contribution is 2.54. The molecule has 1 aromatic heterocycles. The number of anilines is 2. The highest BCUT2D eigenvalue weighted by atomic mass is 35.5. The van der Waals surface area contributed by atoms with Crippen LogP contribution in [-0.4, -0.2) is 104 Å². The standard InChI is InChI=1S/C37H41Cl2F5N6O4/c1-20(40)34(51)50-17-36(18-50)7-11-49(12-8-36)33-24-15-23(21-3-4-21)27(28-29(41)25(38)16-26(39)30(28)45)32(53-19-37(42,43)44)31(24)46-35(47-33)54-22-5-9-48(10-6-22)13-14-52-2/h15-16,21-22H,1,3-14,17-19,45H2,2H3. The van der Waals surface area contributed by atoms with E-state index in [-0.39, 0.29) is 61.6 Å². The van der Waals surface area contributed by atoms with E-state index in [1.165, 1.54) is 4.90 Å². The van der Waals surface area contributed by atoms with Crippen molar-refractivity contribution in [2.24, 2.45) is 5.41 Å². The van der Waals surface area contributed by atoms with Gasteiger partial charge in [-0.15, -0.1) is 0 Å². The number of amides is 1. The van der Waals surface area contributed by atoms with Gasteiger partial charge in [-0.25, -0.2) is 8.78 Å². The van der Waals surface area contributed by atoms with Crippen LogP contribution in [0.25, 0.3) is 22.0 Å². The number of aromatic nitrogens is 2. The number of fused-ring (bicyclic) bond motifs is 1. The molecule has 1 saturated carbocycles. The number of carbonyl (C=O) groups excluding carboxylic acids is 1. The van der Waals surface area contributed by atoms with Gasteiger partial charge in [0, 0.05) is 74.9 Å². The monoisotopic (exact) mass is 798 g/mol. The van der Waals surface area contributed by atoms with Crippen molar-refractivity contribution in [1.82, 2.24) is 19.8 Å². The van der Waals surface area contributed by atoms with Crippen LogP contribution in [0.15, 0.2) is 24.5 Å². The summed E-state index contributed by atoms with van der Waals surface area (Å²) in [7, 11) is 1.65. The van der Waals surface area contributed by atoms with Crippen molar-refractivity contribution in [2.45, 2.75) is 56.7 Å². The Morgan fingerprint density at radius 1 is 1.04 bits per heavy atom. The number of hydrogen-bond acceptors (Lipinski definition) is 9. The molecule has 0 atom stereocenters. The summed E-state index contributed by atoms with van der Waals surface area (Å²) >= 11 is 12.6. The predicted octanol–water partition coefficient (Wildman–Crippen LogP) is 7.55. The number of alkyl halides is 3. The zero-order valence-electron chi connectivity index (χ0n) is 29.7. The van der Waals surface area contributed by atoms with Gasteiger partial charge in [-0.3, -0.25) is 4.79 Å². The summed E-state index contributed by atoms with van der Waals surface area (Å²) < 4.78 is 88.7. The van der Waals surface area contributed by atoms with E-state index in [1.807, 2.05) is 4.90 Å². The van der Waals surface area contributed by atoms with Crippen LogP contribution < -0.4 is 20.1 Å².